The SMILES string of the molecule is COc1ccc(OCCCC(=O)N2CCCN(Cc3ccc(F)cc3)CC2)cc1. The first-order chi connectivity index (χ1) is 14.1. The van der Waals surface area contributed by atoms with Crippen LogP contribution in [-0.2, 0) is 11.3 Å². The van der Waals surface area contributed by atoms with Crippen LogP contribution in [0.25, 0.3) is 0 Å². The van der Waals surface area contributed by atoms with Crippen molar-refractivity contribution in [3.8, 4) is 11.5 Å². The second-order valence-electron chi connectivity index (χ2n) is 7.26. The van der Waals surface area contributed by atoms with Crippen LogP contribution in [0.3, 0.4) is 0 Å². The first-order valence-corrected chi connectivity index (χ1v) is 10.2. The van der Waals surface area contributed by atoms with Crippen molar-refractivity contribution in [3.63, 3.8) is 0 Å². The van der Waals surface area contributed by atoms with Crippen LogP contribution in [0, 0.1) is 5.82 Å². The van der Waals surface area contributed by atoms with Gasteiger partial charge in [-0.15, -0.1) is 0 Å². The van der Waals surface area contributed by atoms with Gasteiger partial charge in [-0.3, -0.25) is 9.69 Å². The summed E-state index contributed by atoms with van der Waals surface area (Å²) in [5.74, 6) is 1.55. The molecule has 5 nitrogen and oxygen atoms in total. The lowest BCUT2D eigenvalue weighted by Crippen LogP contribution is -2.35. The first kappa shape index (κ1) is 21.1. The highest BCUT2D eigenvalue weighted by atomic mass is 19.1. The maximum atomic E-state index is 13.1. The van der Waals surface area contributed by atoms with Gasteiger partial charge in [0.15, 0.2) is 0 Å². The van der Waals surface area contributed by atoms with Crippen LogP contribution in [0.2, 0.25) is 0 Å². The molecule has 6 heteroatoms. The summed E-state index contributed by atoms with van der Waals surface area (Å²) in [6, 6.07) is 14.1. The van der Waals surface area contributed by atoms with Crippen molar-refractivity contribution in [1.82, 2.24) is 9.80 Å². The van der Waals surface area contributed by atoms with Crippen LogP contribution in [0.5, 0.6) is 11.5 Å². The number of methoxy groups -OCH3 is 1. The molecule has 1 amide bonds. The summed E-state index contributed by atoms with van der Waals surface area (Å²) in [6.07, 6.45) is 2.14. The van der Waals surface area contributed by atoms with Gasteiger partial charge >= 0.3 is 0 Å². The summed E-state index contributed by atoms with van der Waals surface area (Å²) < 4.78 is 23.9. The number of hydrogen-bond acceptors (Lipinski definition) is 4. The molecule has 1 fully saturated rings. The van der Waals surface area contributed by atoms with Crippen LogP contribution in [0.4, 0.5) is 4.39 Å². The maximum absolute atomic E-state index is 13.1. The van der Waals surface area contributed by atoms with Gasteiger partial charge < -0.3 is 14.4 Å². The molecule has 156 valence electrons. The highest BCUT2D eigenvalue weighted by Gasteiger charge is 2.19. The lowest BCUT2D eigenvalue weighted by atomic mass is 10.2. The molecule has 1 heterocycles. The Kier molecular flexibility index (Phi) is 7.87. The third kappa shape index (κ3) is 6.75. The summed E-state index contributed by atoms with van der Waals surface area (Å²) in [7, 11) is 1.63. The van der Waals surface area contributed by atoms with Gasteiger partial charge in [0, 0.05) is 39.1 Å². The molecule has 0 atom stereocenters. The van der Waals surface area contributed by atoms with Gasteiger partial charge in [-0.2, -0.15) is 0 Å². The maximum Gasteiger partial charge on any atom is 0.222 e. The fourth-order valence-corrected chi connectivity index (χ4v) is 3.47. The molecule has 0 N–H and O–H groups in total. The number of benzene rings is 2. The van der Waals surface area contributed by atoms with Crippen molar-refractivity contribution in [2.45, 2.75) is 25.8 Å². The van der Waals surface area contributed by atoms with Gasteiger partial charge in [-0.1, -0.05) is 12.1 Å². The van der Waals surface area contributed by atoms with E-state index in [0.717, 1.165) is 56.2 Å². The van der Waals surface area contributed by atoms with E-state index in [9.17, 15) is 9.18 Å². The van der Waals surface area contributed by atoms with Crippen LogP contribution >= 0.6 is 0 Å². The minimum absolute atomic E-state index is 0.187. The zero-order chi connectivity index (χ0) is 20.5. The minimum atomic E-state index is -0.211. The summed E-state index contributed by atoms with van der Waals surface area (Å²) in [5, 5.41) is 0. The van der Waals surface area contributed by atoms with Crippen LogP contribution < -0.4 is 9.47 Å². The molecule has 1 aliphatic heterocycles. The normalized spacial score (nSPS) is 15.0. The van der Waals surface area contributed by atoms with Crippen molar-refractivity contribution in [2.24, 2.45) is 0 Å². The number of rotatable bonds is 8. The molecule has 3 rings (SSSR count). The molecule has 1 aliphatic rings. The Bertz CT molecular complexity index is 765. The number of ether oxygens (including phenoxy) is 2. The molecule has 1 saturated heterocycles. The van der Waals surface area contributed by atoms with E-state index in [0.29, 0.717) is 19.4 Å². The summed E-state index contributed by atoms with van der Waals surface area (Å²) in [5.41, 5.74) is 1.10. The first-order valence-electron chi connectivity index (χ1n) is 10.2. The quantitative estimate of drug-likeness (QED) is 0.634. The standard InChI is InChI=1S/C23H29FN2O3/c1-28-21-9-11-22(12-10-21)29-17-2-4-23(27)26-14-3-13-25(15-16-26)18-19-5-7-20(24)8-6-19/h5-12H,2-4,13-18H2,1H3. The van der Waals surface area contributed by atoms with Gasteiger partial charge in [-0.25, -0.2) is 4.39 Å². The van der Waals surface area contributed by atoms with Crippen molar-refractivity contribution in [2.75, 3.05) is 39.9 Å². The second kappa shape index (κ2) is 10.8. The van der Waals surface area contributed by atoms with Gasteiger partial charge in [0.05, 0.1) is 13.7 Å². The Morgan fingerprint density at radius 3 is 2.41 bits per heavy atom. The average Bonchev–Trinajstić information content (AvgIpc) is 2.99. The van der Waals surface area contributed by atoms with Crippen LogP contribution in [0.1, 0.15) is 24.8 Å². The number of nitrogens with zero attached hydrogens (tertiary/aromatic N) is 2. The van der Waals surface area contributed by atoms with E-state index in [2.05, 4.69) is 4.90 Å². The summed E-state index contributed by atoms with van der Waals surface area (Å²) in [4.78, 5) is 16.8. The number of carbonyl (C=O) groups is 1. The van der Waals surface area contributed by atoms with Gasteiger partial charge in [0.1, 0.15) is 17.3 Å². The smallest absolute Gasteiger partial charge is 0.222 e. The molecule has 0 radical (unpaired) electrons. The predicted molar refractivity (Wildman–Crippen MR) is 111 cm³/mol. The lowest BCUT2D eigenvalue weighted by molar-refractivity contribution is -0.131. The summed E-state index contributed by atoms with van der Waals surface area (Å²) >= 11 is 0. The zero-order valence-electron chi connectivity index (χ0n) is 17.0. The predicted octanol–water partition coefficient (Wildman–Crippen LogP) is 3.73. The average molecular weight is 400 g/mol. The monoisotopic (exact) mass is 400 g/mol. The van der Waals surface area contributed by atoms with E-state index in [1.54, 1.807) is 7.11 Å². The number of hydrogen-bond donors (Lipinski definition) is 0. The van der Waals surface area contributed by atoms with Crippen molar-refractivity contribution >= 4 is 5.91 Å². The summed E-state index contributed by atoms with van der Waals surface area (Å²) in [6.45, 7) is 4.62. The van der Waals surface area contributed by atoms with Gasteiger partial charge in [-0.05, 0) is 54.8 Å². The van der Waals surface area contributed by atoms with E-state index in [1.165, 1.54) is 12.1 Å². The molecule has 0 bridgehead atoms. The molecular weight excluding hydrogens is 371 g/mol. The number of carbonyl (C=O) groups excluding carboxylic acids is 1. The Morgan fingerprint density at radius 2 is 1.69 bits per heavy atom. The Morgan fingerprint density at radius 1 is 0.966 bits per heavy atom. The Balaban J connectivity index is 1.36. The van der Waals surface area contributed by atoms with Crippen LogP contribution in [-0.4, -0.2) is 55.6 Å². The molecule has 0 saturated carbocycles. The van der Waals surface area contributed by atoms with E-state index >= 15 is 0 Å². The van der Waals surface area contributed by atoms with Crippen LogP contribution in [0.15, 0.2) is 48.5 Å². The molecule has 0 aliphatic carbocycles. The minimum Gasteiger partial charge on any atom is -0.497 e. The zero-order valence-corrected chi connectivity index (χ0v) is 17.0. The van der Waals surface area contributed by atoms with Gasteiger partial charge in [0.2, 0.25) is 5.91 Å². The molecular formula is C23H29FN2O3. The molecule has 29 heavy (non-hydrogen) atoms. The van der Waals surface area contributed by atoms with E-state index in [1.807, 2.05) is 41.3 Å². The molecule has 0 spiro atoms. The third-order valence-electron chi connectivity index (χ3n) is 5.12. The Labute approximate surface area is 172 Å². The lowest BCUT2D eigenvalue weighted by Gasteiger charge is -2.22. The molecule has 2 aromatic rings. The number of halogens is 1. The molecule has 0 unspecified atom stereocenters. The number of amides is 1. The third-order valence-corrected chi connectivity index (χ3v) is 5.12. The molecule has 2 aromatic carbocycles. The Hall–Kier alpha value is -2.60. The topological polar surface area (TPSA) is 42.0 Å². The van der Waals surface area contributed by atoms with E-state index in [-0.39, 0.29) is 11.7 Å². The van der Waals surface area contributed by atoms with Crippen molar-refractivity contribution in [3.05, 3.63) is 59.9 Å². The van der Waals surface area contributed by atoms with Crippen molar-refractivity contribution in [1.29, 1.82) is 0 Å². The fraction of sp³-hybridized carbons (Fsp3) is 0.435. The highest BCUT2D eigenvalue weighted by Crippen LogP contribution is 2.17. The second-order valence-corrected chi connectivity index (χ2v) is 7.26. The van der Waals surface area contributed by atoms with E-state index < -0.39 is 0 Å². The fourth-order valence-electron chi connectivity index (χ4n) is 3.47. The van der Waals surface area contributed by atoms with E-state index in [4.69, 9.17) is 9.47 Å². The largest absolute Gasteiger partial charge is 0.497 e. The highest BCUT2D eigenvalue weighted by molar-refractivity contribution is 5.76. The van der Waals surface area contributed by atoms with Crippen molar-refractivity contribution < 1.29 is 18.7 Å². The molecule has 0 aromatic heterocycles. The van der Waals surface area contributed by atoms with Gasteiger partial charge in [0.25, 0.3) is 0 Å².